The average molecular weight is 554 g/mol. The Labute approximate surface area is 232 Å². The zero-order chi connectivity index (χ0) is 28.8. The number of benzene rings is 1. The molecule has 3 amide bonds. The first-order valence-corrected chi connectivity index (χ1v) is 17.3. The minimum absolute atomic E-state index is 0.0209. The van der Waals surface area contributed by atoms with Gasteiger partial charge in [0.25, 0.3) is 0 Å². The van der Waals surface area contributed by atoms with Crippen molar-refractivity contribution in [1.82, 2.24) is 20.4 Å². The molecule has 0 bridgehead atoms. The zero-order valence-corrected chi connectivity index (χ0v) is 25.5. The number of urea groups is 1. The lowest BCUT2D eigenvalue weighted by molar-refractivity contribution is -0.153. The quantitative estimate of drug-likeness (QED) is 0.300. The van der Waals surface area contributed by atoms with E-state index >= 15 is 0 Å². The lowest BCUT2D eigenvalue weighted by Gasteiger charge is -2.48. The Morgan fingerprint density at radius 3 is 2.31 bits per heavy atom. The summed E-state index contributed by atoms with van der Waals surface area (Å²) < 4.78 is 5.59. The predicted molar refractivity (Wildman–Crippen MR) is 154 cm³/mol. The molecule has 1 unspecified atom stereocenters. The molecule has 4 rings (SSSR count). The standard InChI is InChI=1S/C29H43N5O4Si/c1-27(2,3)25(36)38-18-21(19-13-10-9-11-14-19)30-26(37)34-17-20-22(28(34,4)5)32-33-23(20)31-24(35)29(15-12-16-29)39(6,7)8/h9-11,13-14,21H,12,15-18H2,1-8H3,(H,30,37)(H2,31,32,33,35). The van der Waals surface area contributed by atoms with Gasteiger partial charge in [0.2, 0.25) is 5.91 Å². The maximum Gasteiger partial charge on any atom is 0.319 e. The summed E-state index contributed by atoms with van der Waals surface area (Å²) in [5.41, 5.74) is 1.13. The van der Waals surface area contributed by atoms with Gasteiger partial charge >= 0.3 is 12.0 Å². The van der Waals surface area contributed by atoms with Crippen LogP contribution in [0, 0.1) is 5.41 Å². The highest BCUT2D eigenvalue weighted by Crippen LogP contribution is 2.56. The minimum atomic E-state index is -1.74. The molecule has 0 spiro atoms. The maximum atomic E-state index is 13.7. The summed E-state index contributed by atoms with van der Waals surface area (Å²) in [6, 6.07) is 8.67. The number of H-pyrrole nitrogens is 1. The van der Waals surface area contributed by atoms with Gasteiger partial charge in [-0.2, -0.15) is 5.10 Å². The molecule has 1 aliphatic heterocycles. The number of aromatic nitrogens is 2. The molecule has 0 saturated heterocycles. The van der Waals surface area contributed by atoms with Crippen molar-refractivity contribution in [2.24, 2.45) is 5.41 Å². The first kappa shape index (κ1) is 28.9. The van der Waals surface area contributed by atoms with Crippen LogP contribution in [0.5, 0.6) is 0 Å². The minimum Gasteiger partial charge on any atom is -0.463 e. The van der Waals surface area contributed by atoms with E-state index in [9.17, 15) is 14.4 Å². The molecule has 2 aromatic rings. The van der Waals surface area contributed by atoms with Crippen molar-refractivity contribution < 1.29 is 19.1 Å². The fourth-order valence-electron chi connectivity index (χ4n) is 5.53. The van der Waals surface area contributed by atoms with Gasteiger partial charge in [-0.25, -0.2) is 4.79 Å². The van der Waals surface area contributed by atoms with Crippen molar-refractivity contribution in [3.63, 3.8) is 0 Å². The number of nitrogens with one attached hydrogen (secondary N) is 3. The van der Waals surface area contributed by atoms with Gasteiger partial charge in [0.15, 0.2) is 5.82 Å². The van der Waals surface area contributed by atoms with Crippen LogP contribution in [0.2, 0.25) is 24.7 Å². The third kappa shape index (κ3) is 5.35. The van der Waals surface area contributed by atoms with Crippen molar-refractivity contribution in [3.8, 4) is 0 Å². The van der Waals surface area contributed by atoms with Gasteiger partial charge in [-0.05, 0) is 53.0 Å². The molecular formula is C29H43N5O4Si. The summed E-state index contributed by atoms with van der Waals surface area (Å²) in [7, 11) is -1.74. The molecule has 3 N–H and O–H groups in total. The Bertz CT molecular complexity index is 1240. The molecule has 39 heavy (non-hydrogen) atoms. The summed E-state index contributed by atoms with van der Waals surface area (Å²) in [6.07, 6.45) is 2.91. The van der Waals surface area contributed by atoms with Gasteiger partial charge in [0.05, 0.1) is 37.3 Å². The summed E-state index contributed by atoms with van der Waals surface area (Å²) >= 11 is 0. The molecule has 212 valence electrons. The number of carbonyl (C=O) groups excluding carboxylic acids is 3. The number of carbonyl (C=O) groups is 3. The van der Waals surface area contributed by atoms with E-state index in [1.807, 2.05) is 44.2 Å². The van der Waals surface area contributed by atoms with E-state index in [0.717, 1.165) is 36.1 Å². The van der Waals surface area contributed by atoms with Gasteiger partial charge < -0.3 is 20.3 Å². The number of amides is 3. The SMILES string of the molecule is CC(C)(C)C(=O)OCC(NC(=O)N1Cc2c(NC(=O)C3([Si](C)(C)C)CCC3)n[nH]c2C1(C)C)c1ccccc1. The summed E-state index contributed by atoms with van der Waals surface area (Å²) in [6.45, 7) is 16.4. The van der Waals surface area contributed by atoms with Gasteiger partial charge in [-0.3, -0.25) is 14.7 Å². The van der Waals surface area contributed by atoms with Gasteiger partial charge in [0, 0.05) is 10.6 Å². The third-order valence-corrected chi connectivity index (χ3v) is 12.1. The fourth-order valence-corrected chi connectivity index (χ4v) is 8.13. The number of nitrogens with zero attached hydrogens (tertiary/aromatic N) is 2. The normalized spacial score (nSPS) is 18.5. The fraction of sp³-hybridized carbons (Fsp3) is 0.586. The van der Waals surface area contributed by atoms with Crippen LogP contribution >= 0.6 is 0 Å². The third-order valence-electron chi connectivity index (χ3n) is 8.52. The first-order valence-electron chi connectivity index (χ1n) is 13.8. The van der Waals surface area contributed by atoms with Crippen LogP contribution in [-0.2, 0) is 26.4 Å². The van der Waals surface area contributed by atoms with Crippen molar-refractivity contribution in [3.05, 3.63) is 47.2 Å². The van der Waals surface area contributed by atoms with E-state index in [4.69, 9.17) is 4.74 Å². The molecule has 0 radical (unpaired) electrons. The van der Waals surface area contributed by atoms with Crippen LogP contribution in [0.1, 0.15) is 76.7 Å². The molecule has 2 aliphatic rings. The molecule has 1 aromatic carbocycles. The van der Waals surface area contributed by atoms with E-state index in [2.05, 4.69) is 40.5 Å². The lowest BCUT2D eigenvalue weighted by Crippen LogP contribution is -2.52. The molecule has 1 aliphatic carbocycles. The number of ether oxygens (including phenoxy) is 1. The van der Waals surface area contributed by atoms with E-state index in [0.29, 0.717) is 12.4 Å². The molecule has 9 nitrogen and oxygen atoms in total. The van der Waals surface area contributed by atoms with Crippen LogP contribution in [0.15, 0.2) is 30.3 Å². The monoisotopic (exact) mass is 553 g/mol. The second-order valence-electron chi connectivity index (χ2n) is 13.5. The maximum absolute atomic E-state index is 13.7. The molecule has 10 heteroatoms. The van der Waals surface area contributed by atoms with Crippen LogP contribution in [0.4, 0.5) is 10.6 Å². The number of hydrogen-bond donors (Lipinski definition) is 3. The second kappa shape index (κ2) is 10.1. The smallest absolute Gasteiger partial charge is 0.319 e. The number of esters is 1. The van der Waals surface area contributed by atoms with E-state index in [-0.39, 0.29) is 29.6 Å². The number of hydrogen-bond acceptors (Lipinski definition) is 5. The highest BCUT2D eigenvalue weighted by molar-refractivity contribution is 6.83. The van der Waals surface area contributed by atoms with Gasteiger partial charge in [0.1, 0.15) is 6.61 Å². The molecule has 1 aromatic heterocycles. The Balaban J connectivity index is 1.51. The van der Waals surface area contributed by atoms with E-state index < -0.39 is 25.1 Å². The molecule has 1 fully saturated rings. The van der Waals surface area contributed by atoms with Crippen LogP contribution in [-0.4, -0.2) is 47.7 Å². The largest absolute Gasteiger partial charge is 0.463 e. The molecular weight excluding hydrogens is 510 g/mol. The summed E-state index contributed by atoms with van der Waals surface area (Å²) in [5, 5.41) is 13.5. The molecule has 1 saturated carbocycles. The van der Waals surface area contributed by atoms with Crippen LogP contribution in [0.25, 0.3) is 0 Å². The zero-order valence-electron chi connectivity index (χ0n) is 24.5. The number of anilines is 1. The number of fused-ring (bicyclic) bond motifs is 1. The second-order valence-corrected chi connectivity index (χ2v) is 18.9. The van der Waals surface area contributed by atoms with Crippen molar-refractivity contribution in [1.29, 1.82) is 0 Å². The van der Waals surface area contributed by atoms with Crippen LogP contribution in [0.3, 0.4) is 0 Å². The Morgan fingerprint density at radius 1 is 1.13 bits per heavy atom. The Morgan fingerprint density at radius 2 is 1.77 bits per heavy atom. The number of rotatable bonds is 7. The lowest BCUT2D eigenvalue weighted by atomic mass is 9.83. The first-order chi connectivity index (χ1) is 18.1. The van der Waals surface area contributed by atoms with Gasteiger partial charge in [-0.1, -0.05) is 56.4 Å². The topological polar surface area (TPSA) is 116 Å². The Hall–Kier alpha value is -3.14. The Kier molecular flexibility index (Phi) is 7.48. The molecule has 1 atom stereocenters. The van der Waals surface area contributed by atoms with Crippen LogP contribution < -0.4 is 10.6 Å². The van der Waals surface area contributed by atoms with E-state index in [1.165, 1.54) is 0 Å². The molecule has 2 heterocycles. The van der Waals surface area contributed by atoms with Crippen molar-refractivity contribution >= 4 is 31.8 Å². The average Bonchev–Trinajstić information content (AvgIpc) is 3.32. The highest BCUT2D eigenvalue weighted by Gasteiger charge is 2.54. The summed E-state index contributed by atoms with van der Waals surface area (Å²) in [4.78, 5) is 41.3. The van der Waals surface area contributed by atoms with Gasteiger partial charge in [-0.15, -0.1) is 0 Å². The summed E-state index contributed by atoms with van der Waals surface area (Å²) in [5.74, 6) is 0.220. The van der Waals surface area contributed by atoms with Crippen molar-refractivity contribution in [2.75, 3.05) is 11.9 Å². The number of aromatic amines is 1. The predicted octanol–water partition coefficient (Wildman–Crippen LogP) is 5.70. The highest BCUT2D eigenvalue weighted by atomic mass is 28.3. The van der Waals surface area contributed by atoms with E-state index in [1.54, 1.807) is 25.7 Å². The van der Waals surface area contributed by atoms with Crippen molar-refractivity contribution in [2.45, 2.75) is 96.7 Å².